The van der Waals surface area contributed by atoms with E-state index < -0.39 is 6.10 Å². The van der Waals surface area contributed by atoms with E-state index in [1.807, 2.05) is 0 Å². The minimum Gasteiger partial charge on any atom is -0.462 e. The number of hydrogen-bond donors (Lipinski definition) is 0. The molecular formula is C58H98O6. The molecule has 0 radical (unpaired) electrons. The number of ether oxygens (including phenoxy) is 3. The van der Waals surface area contributed by atoms with Gasteiger partial charge in [-0.3, -0.25) is 14.4 Å². The Morgan fingerprint density at radius 3 is 1.00 bits per heavy atom. The summed E-state index contributed by atoms with van der Waals surface area (Å²) in [5.74, 6) is -0.911. The van der Waals surface area contributed by atoms with Gasteiger partial charge in [0, 0.05) is 19.3 Å². The molecule has 366 valence electrons. The lowest BCUT2D eigenvalue weighted by molar-refractivity contribution is -0.167. The minimum atomic E-state index is -0.784. The summed E-state index contributed by atoms with van der Waals surface area (Å²) in [5.41, 5.74) is 0. The second-order valence-electron chi connectivity index (χ2n) is 17.4. The number of carbonyl (C=O) groups is 3. The van der Waals surface area contributed by atoms with Crippen LogP contribution in [-0.4, -0.2) is 37.2 Å². The van der Waals surface area contributed by atoms with Crippen molar-refractivity contribution < 1.29 is 28.6 Å². The van der Waals surface area contributed by atoms with Crippen LogP contribution in [0.3, 0.4) is 0 Å². The normalized spacial score (nSPS) is 12.7. The van der Waals surface area contributed by atoms with E-state index in [2.05, 4.69) is 106 Å². The summed E-state index contributed by atoms with van der Waals surface area (Å²) in [7, 11) is 0. The lowest BCUT2D eigenvalue weighted by Gasteiger charge is -2.18. The number of hydrogen-bond acceptors (Lipinski definition) is 6. The topological polar surface area (TPSA) is 78.9 Å². The first-order chi connectivity index (χ1) is 31.5. The molecule has 0 fully saturated rings. The maximum atomic E-state index is 12.8. The molecule has 0 aliphatic carbocycles. The molecule has 0 rings (SSSR count). The van der Waals surface area contributed by atoms with Crippen LogP contribution >= 0.6 is 0 Å². The van der Waals surface area contributed by atoms with Gasteiger partial charge in [-0.2, -0.15) is 0 Å². The molecule has 0 aliphatic rings. The van der Waals surface area contributed by atoms with Crippen LogP contribution in [-0.2, 0) is 28.6 Å². The Morgan fingerprint density at radius 1 is 0.328 bits per heavy atom. The van der Waals surface area contributed by atoms with Crippen molar-refractivity contribution in [3.8, 4) is 0 Å². The minimum absolute atomic E-state index is 0.0835. The van der Waals surface area contributed by atoms with Crippen molar-refractivity contribution in [1.29, 1.82) is 0 Å². The van der Waals surface area contributed by atoms with Crippen molar-refractivity contribution >= 4 is 17.9 Å². The molecule has 0 aromatic rings. The third-order valence-electron chi connectivity index (χ3n) is 11.1. The fourth-order valence-electron chi connectivity index (χ4n) is 7.15. The zero-order valence-corrected chi connectivity index (χ0v) is 41.8. The van der Waals surface area contributed by atoms with E-state index in [0.717, 1.165) is 122 Å². The van der Waals surface area contributed by atoms with E-state index in [9.17, 15) is 14.4 Å². The van der Waals surface area contributed by atoms with Gasteiger partial charge < -0.3 is 14.2 Å². The number of unbranched alkanes of at least 4 members (excludes halogenated alkanes) is 22. The van der Waals surface area contributed by atoms with E-state index in [-0.39, 0.29) is 31.1 Å². The largest absolute Gasteiger partial charge is 0.462 e. The van der Waals surface area contributed by atoms with Crippen LogP contribution in [0.15, 0.2) is 85.1 Å². The third-order valence-corrected chi connectivity index (χ3v) is 11.1. The fraction of sp³-hybridized carbons (Fsp3) is 0.707. The summed E-state index contributed by atoms with van der Waals surface area (Å²) in [6, 6.07) is 0. The molecule has 1 atom stereocenters. The van der Waals surface area contributed by atoms with Crippen LogP contribution in [0.4, 0.5) is 0 Å². The van der Waals surface area contributed by atoms with Crippen LogP contribution in [0, 0.1) is 0 Å². The Labute approximate surface area is 395 Å². The summed E-state index contributed by atoms with van der Waals surface area (Å²) in [6.07, 6.45) is 67.2. The summed E-state index contributed by atoms with van der Waals surface area (Å²) in [6.45, 7) is 6.46. The lowest BCUT2D eigenvalue weighted by atomic mass is 10.1. The first-order valence-corrected chi connectivity index (χ1v) is 26.6. The van der Waals surface area contributed by atoms with E-state index in [0.29, 0.717) is 19.3 Å². The van der Waals surface area contributed by atoms with Crippen molar-refractivity contribution in [2.75, 3.05) is 13.2 Å². The predicted octanol–water partition coefficient (Wildman–Crippen LogP) is 17.6. The zero-order valence-electron chi connectivity index (χ0n) is 41.8. The number of carbonyl (C=O) groups excluding carboxylic acids is 3. The van der Waals surface area contributed by atoms with Gasteiger partial charge in [0.05, 0.1) is 0 Å². The first-order valence-electron chi connectivity index (χ1n) is 26.6. The molecular weight excluding hydrogens is 793 g/mol. The molecule has 0 heterocycles. The molecule has 0 aromatic heterocycles. The van der Waals surface area contributed by atoms with Crippen LogP contribution in [0.5, 0.6) is 0 Å². The molecule has 0 saturated heterocycles. The third kappa shape index (κ3) is 49.6. The van der Waals surface area contributed by atoms with Crippen LogP contribution in [0.25, 0.3) is 0 Å². The average Bonchev–Trinajstić information content (AvgIpc) is 3.29. The summed E-state index contributed by atoms with van der Waals surface area (Å²) in [4.78, 5) is 37.9. The number of esters is 3. The Kier molecular flexibility index (Phi) is 49.4. The highest BCUT2D eigenvalue weighted by atomic mass is 16.6. The van der Waals surface area contributed by atoms with Crippen LogP contribution in [0.2, 0.25) is 0 Å². The van der Waals surface area contributed by atoms with Crippen molar-refractivity contribution in [2.24, 2.45) is 0 Å². The lowest BCUT2D eigenvalue weighted by Crippen LogP contribution is -2.30. The van der Waals surface area contributed by atoms with E-state index in [1.165, 1.54) is 83.5 Å². The molecule has 0 spiro atoms. The molecule has 0 N–H and O–H groups in total. The van der Waals surface area contributed by atoms with Gasteiger partial charge in [-0.05, 0) is 96.3 Å². The Morgan fingerprint density at radius 2 is 0.609 bits per heavy atom. The van der Waals surface area contributed by atoms with Gasteiger partial charge in [0.15, 0.2) is 6.10 Å². The van der Waals surface area contributed by atoms with Gasteiger partial charge in [0.2, 0.25) is 0 Å². The van der Waals surface area contributed by atoms with Crippen LogP contribution in [0.1, 0.15) is 245 Å². The maximum Gasteiger partial charge on any atom is 0.306 e. The second kappa shape index (κ2) is 52.2. The van der Waals surface area contributed by atoms with Crippen molar-refractivity contribution in [3.63, 3.8) is 0 Å². The number of allylic oxidation sites excluding steroid dienone is 14. The highest BCUT2D eigenvalue weighted by Crippen LogP contribution is 2.14. The van der Waals surface area contributed by atoms with Crippen molar-refractivity contribution in [3.05, 3.63) is 85.1 Å². The van der Waals surface area contributed by atoms with Gasteiger partial charge in [-0.15, -0.1) is 0 Å². The highest BCUT2D eigenvalue weighted by Gasteiger charge is 2.19. The molecule has 0 saturated carbocycles. The van der Waals surface area contributed by atoms with Crippen LogP contribution < -0.4 is 0 Å². The van der Waals surface area contributed by atoms with E-state index in [1.54, 1.807) is 0 Å². The summed E-state index contributed by atoms with van der Waals surface area (Å²) in [5, 5.41) is 0. The Balaban J connectivity index is 4.28. The molecule has 0 bridgehead atoms. The Bertz CT molecular complexity index is 1250. The average molecular weight is 891 g/mol. The monoisotopic (exact) mass is 891 g/mol. The van der Waals surface area contributed by atoms with Gasteiger partial charge in [-0.25, -0.2) is 0 Å². The Hall–Kier alpha value is -3.41. The highest BCUT2D eigenvalue weighted by molar-refractivity contribution is 5.71. The summed E-state index contributed by atoms with van der Waals surface area (Å²) < 4.78 is 16.7. The molecule has 1 unspecified atom stereocenters. The quantitative estimate of drug-likeness (QED) is 0.0262. The molecule has 0 aromatic carbocycles. The van der Waals surface area contributed by atoms with E-state index in [4.69, 9.17) is 14.2 Å². The fourth-order valence-corrected chi connectivity index (χ4v) is 7.15. The standard InChI is InChI=1S/C58H98O6/c1-4-7-10-13-16-19-21-23-24-25-26-27-28-29-30-31-32-33-34-35-37-39-42-45-48-51-57(60)63-54-55(53-62-56(59)50-47-44-41-38-18-15-12-9-6-3)64-58(61)52-49-46-43-40-36-22-20-17-14-11-8-5-2/h7,10,16-17,19-20,23-24,26-27,29-30,32-33,55H,4-6,8-9,11-15,18,21-22,25,28,31,34-54H2,1-3H3/b10-7-,19-16-,20-17-,24-23-,27-26-,30-29-,33-32-. The van der Waals surface area contributed by atoms with Crippen molar-refractivity contribution in [1.82, 2.24) is 0 Å². The van der Waals surface area contributed by atoms with Crippen molar-refractivity contribution in [2.45, 2.75) is 252 Å². The number of rotatable bonds is 47. The molecule has 64 heavy (non-hydrogen) atoms. The molecule has 6 nitrogen and oxygen atoms in total. The van der Waals surface area contributed by atoms with Gasteiger partial charge in [0.1, 0.15) is 13.2 Å². The zero-order chi connectivity index (χ0) is 46.5. The van der Waals surface area contributed by atoms with E-state index >= 15 is 0 Å². The molecule has 0 amide bonds. The summed E-state index contributed by atoms with van der Waals surface area (Å²) >= 11 is 0. The maximum absolute atomic E-state index is 12.8. The molecule has 0 aliphatic heterocycles. The van der Waals surface area contributed by atoms with Gasteiger partial charge in [-0.1, -0.05) is 215 Å². The smallest absolute Gasteiger partial charge is 0.306 e. The molecule has 6 heteroatoms. The first kappa shape index (κ1) is 60.6. The van der Waals surface area contributed by atoms with Gasteiger partial charge in [0.25, 0.3) is 0 Å². The second-order valence-corrected chi connectivity index (χ2v) is 17.4. The SMILES string of the molecule is CC/C=C\C/C=C\C/C=C\C/C=C\C/C=C\C/C=C\CCCCCCCCC(=O)OCC(COC(=O)CCCCCCCCCCC)OC(=O)CCCCCCC/C=C\CCCCC. The van der Waals surface area contributed by atoms with Gasteiger partial charge >= 0.3 is 17.9 Å². The predicted molar refractivity (Wildman–Crippen MR) is 274 cm³/mol.